The van der Waals surface area contributed by atoms with Crippen molar-refractivity contribution in [2.75, 3.05) is 24.5 Å². The second-order valence-electron chi connectivity index (χ2n) is 6.74. The fourth-order valence-electron chi connectivity index (χ4n) is 3.50. The van der Waals surface area contributed by atoms with Crippen molar-refractivity contribution >= 4 is 11.9 Å². The number of carbonyl (C=O) groups excluding carboxylic acids is 1. The van der Waals surface area contributed by atoms with Gasteiger partial charge in [0, 0.05) is 31.4 Å². The first-order chi connectivity index (χ1) is 11.6. The van der Waals surface area contributed by atoms with Gasteiger partial charge in [-0.05, 0) is 51.5 Å². The third-order valence-corrected chi connectivity index (χ3v) is 4.69. The molecule has 1 atom stereocenters. The lowest BCUT2D eigenvalue weighted by Crippen LogP contribution is -2.41. The molecule has 0 N–H and O–H groups in total. The SMILES string of the molecule is CCCN(CCC)C(=O)c1cc(C)nc(N2CCCCC2CC)n1. The van der Waals surface area contributed by atoms with E-state index in [1.807, 2.05) is 17.9 Å². The molecule has 2 heterocycles. The number of aromatic nitrogens is 2. The van der Waals surface area contributed by atoms with Gasteiger partial charge in [0.15, 0.2) is 0 Å². The van der Waals surface area contributed by atoms with E-state index in [1.54, 1.807) is 0 Å². The van der Waals surface area contributed by atoms with Gasteiger partial charge in [-0.25, -0.2) is 9.97 Å². The van der Waals surface area contributed by atoms with Gasteiger partial charge in [-0.3, -0.25) is 4.79 Å². The van der Waals surface area contributed by atoms with E-state index < -0.39 is 0 Å². The Hall–Kier alpha value is -1.65. The maximum atomic E-state index is 12.9. The first-order valence-electron chi connectivity index (χ1n) is 9.52. The van der Waals surface area contributed by atoms with Crippen LogP contribution in [-0.2, 0) is 0 Å². The van der Waals surface area contributed by atoms with Crippen LogP contribution in [0.1, 0.15) is 75.5 Å². The van der Waals surface area contributed by atoms with Crippen molar-refractivity contribution in [3.05, 3.63) is 17.5 Å². The van der Waals surface area contributed by atoms with Gasteiger partial charge in [0.2, 0.25) is 5.95 Å². The van der Waals surface area contributed by atoms with Crippen molar-refractivity contribution in [1.29, 1.82) is 0 Å². The third-order valence-electron chi connectivity index (χ3n) is 4.69. The van der Waals surface area contributed by atoms with Gasteiger partial charge < -0.3 is 9.80 Å². The van der Waals surface area contributed by atoms with Crippen LogP contribution in [0.15, 0.2) is 6.07 Å². The van der Waals surface area contributed by atoms with E-state index in [-0.39, 0.29) is 5.91 Å². The van der Waals surface area contributed by atoms with E-state index in [9.17, 15) is 4.79 Å². The largest absolute Gasteiger partial charge is 0.338 e. The smallest absolute Gasteiger partial charge is 0.272 e. The van der Waals surface area contributed by atoms with Gasteiger partial charge in [0.1, 0.15) is 5.69 Å². The number of carbonyl (C=O) groups is 1. The average molecular weight is 332 g/mol. The Bertz CT molecular complexity index is 540. The molecule has 0 spiro atoms. The molecular weight excluding hydrogens is 300 g/mol. The van der Waals surface area contributed by atoms with Crippen LogP contribution in [-0.4, -0.2) is 46.5 Å². The van der Waals surface area contributed by atoms with E-state index in [2.05, 4.69) is 35.6 Å². The number of amides is 1. The molecule has 1 amide bonds. The zero-order valence-corrected chi connectivity index (χ0v) is 15.7. The Kier molecular flexibility index (Phi) is 7.00. The number of rotatable bonds is 7. The van der Waals surface area contributed by atoms with E-state index >= 15 is 0 Å². The number of piperidine rings is 1. The Morgan fingerprint density at radius 2 is 1.92 bits per heavy atom. The van der Waals surface area contributed by atoms with Crippen molar-refractivity contribution in [2.45, 2.75) is 72.3 Å². The first-order valence-corrected chi connectivity index (χ1v) is 9.52. The molecule has 2 rings (SSSR count). The van der Waals surface area contributed by atoms with E-state index in [0.717, 1.165) is 50.5 Å². The summed E-state index contributed by atoms with van der Waals surface area (Å²) < 4.78 is 0. The standard InChI is InChI=1S/C19H32N4O/c1-5-11-22(12-6-2)18(24)17-14-15(4)20-19(21-17)23-13-9-8-10-16(23)7-3/h14,16H,5-13H2,1-4H3. The molecule has 0 aromatic carbocycles. The molecule has 1 aliphatic heterocycles. The molecule has 1 unspecified atom stereocenters. The first kappa shape index (κ1) is 18.7. The molecule has 1 aliphatic rings. The quantitative estimate of drug-likeness (QED) is 0.762. The molecule has 1 saturated heterocycles. The lowest BCUT2D eigenvalue weighted by atomic mass is 10.0. The zero-order valence-electron chi connectivity index (χ0n) is 15.7. The molecule has 0 radical (unpaired) electrons. The van der Waals surface area contributed by atoms with E-state index in [1.165, 1.54) is 19.3 Å². The molecule has 1 aromatic rings. The Labute approximate surface area is 146 Å². The van der Waals surface area contributed by atoms with Crippen molar-refractivity contribution in [1.82, 2.24) is 14.9 Å². The van der Waals surface area contributed by atoms with Crippen molar-refractivity contribution < 1.29 is 4.79 Å². The lowest BCUT2D eigenvalue weighted by Gasteiger charge is -2.35. The van der Waals surface area contributed by atoms with Crippen LogP contribution >= 0.6 is 0 Å². The predicted molar refractivity (Wildman–Crippen MR) is 98.5 cm³/mol. The Balaban J connectivity index is 2.28. The molecule has 24 heavy (non-hydrogen) atoms. The third kappa shape index (κ3) is 4.46. The summed E-state index contributed by atoms with van der Waals surface area (Å²) in [6.45, 7) is 10.9. The number of hydrogen-bond donors (Lipinski definition) is 0. The lowest BCUT2D eigenvalue weighted by molar-refractivity contribution is 0.0749. The summed E-state index contributed by atoms with van der Waals surface area (Å²) in [5.74, 6) is 0.772. The highest BCUT2D eigenvalue weighted by Crippen LogP contribution is 2.24. The highest BCUT2D eigenvalue weighted by Gasteiger charge is 2.25. The van der Waals surface area contributed by atoms with Crippen LogP contribution in [0.3, 0.4) is 0 Å². The molecule has 1 fully saturated rings. The number of anilines is 1. The van der Waals surface area contributed by atoms with Crippen LogP contribution in [0.4, 0.5) is 5.95 Å². The monoisotopic (exact) mass is 332 g/mol. The maximum Gasteiger partial charge on any atom is 0.272 e. The van der Waals surface area contributed by atoms with Crippen molar-refractivity contribution in [3.63, 3.8) is 0 Å². The van der Waals surface area contributed by atoms with Gasteiger partial charge in [0.05, 0.1) is 0 Å². The van der Waals surface area contributed by atoms with Gasteiger partial charge in [-0.2, -0.15) is 0 Å². The summed E-state index contributed by atoms with van der Waals surface area (Å²) in [5, 5.41) is 0. The highest BCUT2D eigenvalue weighted by molar-refractivity contribution is 5.92. The predicted octanol–water partition coefficient (Wildman–Crippen LogP) is 3.82. The fraction of sp³-hybridized carbons (Fsp3) is 0.737. The topological polar surface area (TPSA) is 49.3 Å². The maximum absolute atomic E-state index is 12.9. The van der Waals surface area contributed by atoms with Crippen LogP contribution in [0.25, 0.3) is 0 Å². The number of nitrogens with zero attached hydrogens (tertiary/aromatic N) is 4. The molecule has 5 nitrogen and oxygen atoms in total. The number of hydrogen-bond acceptors (Lipinski definition) is 4. The van der Waals surface area contributed by atoms with Crippen LogP contribution in [0.2, 0.25) is 0 Å². The Morgan fingerprint density at radius 1 is 1.21 bits per heavy atom. The molecule has 0 bridgehead atoms. The summed E-state index contributed by atoms with van der Waals surface area (Å²) in [4.78, 5) is 26.4. The fourth-order valence-corrected chi connectivity index (χ4v) is 3.50. The summed E-state index contributed by atoms with van der Waals surface area (Å²) in [6, 6.07) is 2.32. The van der Waals surface area contributed by atoms with Crippen LogP contribution in [0, 0.1) is 6.92 Å². The highest BCUT2D eigenvalue weighted by atomic mass is 16.2. The van der Waals surface area contributed by atoms with E-state index in [0.29, 0.717) is 11.7 Å². The van der Waals surface area contributed by atoms with E-state index in [4.69, 9.17) is 0 Å². The van der Waals surface area contributed by atoms with Crippen LogP contribution < -0.4 is 4.90 Å². The van der Waals surface area contributed by atoms with Gasteiger partial charge >= 0.3 is 0 Å². The molecule has 134 valence electrons. The second-order valence-corrected chi connectivity index (χ2v) is 6.74. The summed E-state index contributed by atoms with van der Waals surface area (Å²) in [7, 11) is 0. The zero-order chi connectivity index (χ0) is 17.5. The minimum absolute atomic E-state index is 0.0375. The second kappa shape index (κ2) is 9.00. The average Bonchev–Trinajstić information content (AvgIpc) is 2.60. The summed E-state index contributed by atoms with van der Waals surface area (Å²) in [6.07, 6.45) is 6.66. The van der Waals surface area contributed by atoms with Crippen LogP contribution in [0.5, 0.6) is 0 Å². The van der Waals surface area contributed by atoms with Gasteiger partial charge in [-0.1, -0.05) is 20.8 Å². The van der Waals surface area contributed by atoms with Crippen molar-refractivity contribution in [3.8, 4) is 0 Å². The normalized spacial score (nSPS) is 17.8. The molecule has 0 saturated carbocycles. The molecule has 5 heteroatoms. The Morgan fingerprint density at radius 3 is 2.54 bits per heavy atom. The molecular formula is C19H32N4O. The number of aryl methyl sites for hydroxylation is 1. The minimum atomic E-state index is 0.0375. The molecule has 0 aliphatic carbocycles. The minimum Gasteiger partial charge on any atom is -0.338 e. The molecule has 1 aromatic heterocycles. The van der Waals surface area contributed by atoms with Crippen molar-refractivity contribution in [2.24, 2.45) is 0 Å². The van der Waals surface area contributed by atoms with Gasteiger partial charge in [-0.15, -0.1) is 0 Å². The van der Waals surface area contributed by atoms with Gasteiger partial charge in [0.25, 0.3) is 5.91 Å². The summed E-state index contributed by atoms with van der Waals surface area (Å²) in [5.41, 5.74) is 1.41. The summed E-state index contributed by atoms with van der Waals surface area (Å²) >= 11 is 0.